The Bertz CT molecular complexity index is 465. The number of anilines is 1. The van der Waals surface area contributed by atoms with E-state index in [4.69, 9.17) is 0 Å². The second kappa shape index (κ2) is 6.35. The minimum absolute atomic E-state index is 0.106. The van der Waals surface area contributed by atoms with Crippen molar-refractivity contribution < 1.29 is 4.79 Å². The molecule has 0 radical (unpaired) electrons. The maximum Gasteiger partial charge on any atom is 0.231 e. The fourth-order valence-corrected chi connectivity index (χ4v) is 2.62. The summed E-state index contributed by atoms with van der Waals surface area (Å²) in [4.78, 5) is 19.2. The Labute approximate surface area is 121 Å². The highest BCUT2D eigenvalue weighted by atomic mass is 16.2. The standard InChI is InChI=1S/C16H25N3O/c1-4-13-6-9-17-14(12-13)18-15(20)16(3)7-10-19(5-2)11-8-16/h6,9,12H,4-5,7-8,10-11H2,1-3H3,(H,17,18,20). The second-order valence-corrected chi connectivity index (χ2v) is 5.85. The molecule has 0 spiro atoms. The number of hydrogen-bond acceptors (Lipinski definition) is 3. The summed E-state index contributed by atoms with van der Waals surface area (Å²) < 4.78 is 0. The quantitative estimate of drug-likeness (QED) is 0.919. The van der Waals surface area contributed by atoms with Crippen LogP contribution in [0.1, 0.15) is 39.2 Å². The van der Waals surface area contributed by atoms with Crippen LogP contribution in [0.4, 0.5) is 5.82 Å². The molecular weight excluding hydrogens is 250 g/mol. The van der Waals surface area contributed by atoms with Gasteiger partial charge in [0.05, 0.1) is 0 Å². The Kier molecular flexibility index (Phi) is 4.76. The topological polar surface area (TPSA) is 45.2 Å². The van der Waals surface area contributed by atoms with E-state index in [-0.39, 0.29) is 11.3 Å². The van der Waals surface area contributed by atoms with E-state index < -0.39 is 0 Å². The molecule has 0 unspecified atom stereocenters. The van der Waals surface area contributed by atoms with E-state index in [1.54, 1.807) is 6.20 Å². The van der Waals surface area contributed by atoms with Crippen molar-refractivity contribution in [2.75, 3.05) is 25.0 Å². The predicted octanol–water partition coefficient (Wildman–Crippen LogP) is 2.70. The molecule has 0 bridgehead atoms. The first kappa shape index (κ1) is 15.0. The number of amides is 1. The van der Waals surface area contributed by atoms with Crippen molar-refractivity contribution in [3.05, 3.63) is 23.9 Å². The first-order valence-corrected chi connectivity index (χ1v) is 7.56. The molecule has 0 atom stereocenters. The van der Waals surface area contributed by atoms with E-state index in [9.17, 15) is 4.79 Å². The second-order valence-electron chi connectivity index (χ2n) is 5.85. The molecule has 1 fully saturated rings. The molecule has 0 aromatic carbocycles. The normalized spacial score (nSPS) is 18.8. The molecule has 1 saturated heterocycles. The number of carbonyl (C=O) groups excluding carboxylic acids is 1. The molecule has 4 heteroatoms. The van der Waals surface area contributed by atoms with Gasteiger partial charge in [-0.15, -0.1) is 0 Å². The molecule has 4 nitrogen and oxygen atoms in total. The maximum atomic E-state index is 12.5. The van der Waals surface area contributed by atoms with E-state index in [1.807, 2.05) is 12.1 Å². The average Bonchev–Trinajstić information content (AvgIpc) is 2.48. The lowest BCUT2D eigenvalue weighted by Gasteiger charge is -2.37. The smallest absolute Gasteiger partial charge is 0.231 e. The van der Waals surface area contributed by atoms with Crippen molar-refractivity contribution in [2.45, 2.75) is 40.0 Å². The van der Waals surface area contributed by atoms with Gasteiger partial charge in [-0.1, -0.05) is 20.8 Å². The van der Waals surface area contributed by atoms with Crippen LogP contribution in [0.3, 0.4) is 0 Å². The first-order valence-electron chi connectivity index (χ1n) is 7.56. The summed E-state index contributed by atoms with van der Waals surface area (Å²) in [7, 11) is 0. The van der Waals surface area contributed by atoms with Gasteiger partial charge in [-0.2, -0.15) is 0 Å². The fraction of sp³-hybridized carbons (Fsp3) is 0.625. The van der Waals surface area contributed by atoms with Crippen molar-refractivity contribution in [1.29, 1.82) is 0 Å². The van der Waals surface area contributed by atoms with Gasteiger partial charge in [0.2, 0.25) is 5.91 Å². The summed E-state index contributed by atoms with van der Waals surface area (Å²) in [5, 5.41) is 2.99. The lowest BCUT2D eigenvalue weighted by molar-refractivity contribution is -0.127. The molecule has 1 amide bonds. The number of likely N-dealkylation sites (tertiary alicyclic amines) is 1. The zero-order chi connectivity index (χ0) is 14.6. The summed E-state index contributed by atoms with van der Waals surface area (Å²) in [5.74, 6) is 0.780. The third-order valence-electron chi connectivity index (χ3n) is 4.43. The van der Waals surface area contributed by atoms with Crippen LogP contribution in [0.25, 0.3) is 0 Å². The Hall–Kier alpha value is -1.42. The van der Waals surface area contributed by atoms with Gasteiger partial charge in [0, 0.05) is 11.6 Å². The molecule has 1 aromatic heterocycles. The summed E-state index contributed by atoms with van der Waals surface area (Å²) >= 11 is 0. The first-order chi connectivity index (χ1) is 9.57. The molecule has 2 rings (SSSR count). The van der Waals surface area contributed by atoms with Crippen LogP contribution >= 0.6 is 0 Å². The summed E-state index contributed by atoms with van der Waals surface area (Å²) in [5.41, 5.74) is 0.927. The lowest BCUT2D eigenvalue weighted by atomic mass is 9.79. The third kappa shape index (κ3) is 3.37. The number of rotatable bonds is 4. The number of aryl methyl sites for hydroxylation is 1. The maximum absolute atomic E-state index is 12.5. The zero-order valence-electron chi connectivity index (χ0n) is 12.8. The molecular formula is C16H25N3O. The van der Waals surface area contributed by atoms with Crippen molar-refractivity contribution in [3.63, 3.8) is 0 Å². The molecule has 20 heavy (non-hydrogen) atoms. The van der Waals surface area contributed by atoms with Crippen LogP contribution < -0.4 is 5.32 Å². The third-order valence-corrected chi connectivity index (χ3v) is 4.43. The van der Waals surface area contributed by atoms with Gasteiger partial charge in [-0.25, -0.2) is 4.98 Å². The number of nitrogens with zero attached hydrogens (tertiary/aromatic N) is 2. The van der Waals surface area contributed by atoms with Crippen LogP contribution in [-0.2, 0) is 11.2 Å². The highest BCUT2D eigenvalue weighted by Gasteiger charge is 2.36. The van der Waals surface area contributed by atoms with Gasteiger partial charge < -0.3 is 10.2 Å². The average molecular weight is 275 g/mol. The van der Waals surface area contributed by atoms with Crippen LogP contribution in [0.15, 0.2) is 18.3 Å². The number of hydrogen-bond donors (Lipinski definition) is 1. The van der Waals surface area contributed by atoms with Crippen LogP contribution in [0.2, 0.25) is 0 Å². The molecule has 0 aliphatic carbocycles. The molecule has 110 valence electrons. The van der Waals surface area contributed by atoms with Crippen molar-refractivity contribution in [3.8, 4) is 0 Å². The number of pyridine rings is 1. The highest BCUT2D eigenvalue weighted by molar-refractivity contribution is 5.94. The van der Waals surface area contributed by atoms with E-state index in [0.717, 1.165) is 38.9 Å². The van der Waals surface area contributed by atoms with Crippen molar-refractivity contribution in [2.24, 2.45) is 5.41 Å². The van der Waals surface area contributed by atoms with Gasteiger partial charge in [0.25, 0.3) is 0 Å². The van der Waals surface area contributed by atoms with Gasteiger partial charge >= 0.3 is 0 Å². The predicted molar refractivity (Wildman–Crippen MR) is 81.7 cm³/mol. The molecule has 1 N–H and O–H groups in total. The molecule has 1 aliphatic heterocycles. The van der Waals surface area contributed by atoms with Crippen LogP contribution in [0, 0.1) is 5.41 Å². The summed E-state index contributed by atoms with van der Waals surface area (Å²) in [6, 6.07) is 3.94. The molecule has 2 heterocycles. The summed E-state index contributed by atoms with van der Waals surface area (Å²) in [6.45, 7) is 9.41. The highest BCUT2D eigenvalue weighted by Crippen LogP contribution is 2.32. The van der Waals surface area contributed by atoms with E-state index >= 15 is 0 Å². The zero-order valence-corrected chi connectivity index (χ0v) is 12.8. The fourth-order valence-electron chi connectivity index (χ4n) is 2.62. The van der Waals surface area contributed by atoms with Crippen LogP contribution in [-0.4, -0.2) is 35.4 Å². The number of piperidine rings is 1. The van der Waals surface area contributed by atoms with Crippen molar-refractivity contribution in [1.82, 2.24) is 9.88 Å². The monoisotopic (exact) mass is 275 g/mol. The SMILES string of the molecule is CCc1ccnc(NC(=O)C2(C)CCN(CC)CC2)c1. The van der Waals surface area contributed by atoms with Crippen LogP contribution in [0.5, 0.6) is 0 Å². The van der Waals surface area contributed by atoms with Gasteiger partial charge in [0.15, 0.2) is 0 Å². The Morgan fingerprint density at radius 2 is 2.10 bits per heavy atom. The molecule has 0 saturated carbocycles. The minimum Gasteiger partial charge on any atom is -0.310 e. The Morgan fingerprint density at radius 3 is 2.70 bits per heavy atom. The molecule has 1 aromatic rings. The van der Waals surface area contributed by atoms with E-state index in [2.05, 4.69) is 36.0 Å². The number of carbonyl (C=O) groups is 1. The largest absolute Gasteiger partial charge is 0.310 e. The Morgan fingerprint density at radius 1 is 1.40 bits per heavy atom. The Balaban J connectivity index is 2.00. The number of nitrogens with one attached hydrogen (secondary N) is 1. The lowest BCUT2D eigenvalue weighted by Crippen LogP contribution is -2.44. The van der Waals surface area contributed by atoms with Gasteiger partial charge in [-0.05, 0) is 56.6 Å². The van der Waals surface area contributed by atoms with Crippen molar-refractivity contribution >= 4 is 11.7 Å². The van der Waals surface area contributed by atoms with Gasteiger partial charge in [0.1, 0.15) is 5.82 Å². The van der Waals surface area contributed by atoms with E-state index in [1.165, 1.54) is 5.56 Å². The molecule has 1 aliphatic rings. The van der Waals surface area contributed by atoms with E-state index in [0.29, 0.717) is 5.82 Å². The minimum atomic E-state index is -0.268. The summed E-state index contributed by atoms with van der Waals surface area (Å²) in [6.07, 6.45) is 4.55. The van der Waals surface area contributed by atoms with Gasteiger partial charge in [-0.3, -0.25) is 4.79 Å². The number of aromatic nitrogens is 1.